The van der Waals surface area contributed by atoms with Crippen LogP contribution in [0.5, 0.6) is 0 Å². The third-order valence-electron chi connectivity index (χ3n) is 3.81. The van der Waals surface area contributed by atoms with Crippen LogP contribution in [0.25, 0.3) is 0 Å². The van der Waals surface area contributed by atoms with E-state index in [9.17, 15) is 4.79 Å². The summed E-state index contributed by atoms with van der Waals surface area (Å²) in [6, 6.07) is 7.24. The van der Waals surface area contributed by atoms with Crippen LogP contribution in [0.3, 0.4) is 0 Å². The maximum Gasteiger partial charge on any atom is 0.252 e. The third kappa shape index (κ3) is 4.86. The number of benzene rings is 1. The Bertz CT molecular complexity index is 702. The van der Waals surface area contributed by atoms with Crippen LogP contribution in [0.2, 0.25) is 10.0 Å². The fraction of sp³-hybridized carbons (Fsp3) is 0.333. The lowest BCUT2D eigenvalue weighted by Gasteiger charge is -2.20. The highest BCUT2D eigenvalue weighted by Gasteiger charge is 2.10. The van der Waals surface area contributed by atoms with E-state index >= 15 is 0 Å². The van der Waals surface area contributed by atoms with Crippen LogP contribution in [0.1, 0.15) is 29.8 Å². The largest absolute Gasteiger partial charge is 0.371 e. The van der Waals surface area contributed by atoms with Crippen LogP contribution in [-0.2, 0) is 6.42 Å². The number of hydrogen-bond donors (Lipinski definition) is 1. The second-order valence-electron chi connectivity index (χ2n) is 5.35. The molecule has 0 aliphatic heterocycles. The van der Waals surface area contributed by atoms with E-state index in [0.29, 0.717) is 28.6 Å². The molecule has 0 aliphatic rings. The van der Waals surface area contributed by atoms with Gasteiger partial charge in [-0.2, -0.15) is 0 Å². The number of nitrogens with one attached hydrogen (secondary N) is 1. The molecule has 0 fully saturated rings. The number of carbonyl (C=O) groups excluding carboxylic acids is 1. The SMILES string of the molecule is CCN(CC)c1cncc(C(=O)NCCc2ccc(Cl)cc2Cl)c1. The third-order valence-corrected chi connectivity index (χ3v) is 4.40. The minimum atomic E-state index is -0.137. The van der Waals surface area contributed by atoms with Crippen molar-refractivity contribution < 1.29 is 4.79 Å². The molecule has 1 aromatic carbocycles. The normalized spacial score (nSPS) is 10.5. The quantitative estimate of drug-likeness (QED) is 0.799. The number of halogens is 2. The smallest absolute Gasteiger partial charge is 0.252 e. The molecule has 4 nitrogen and oxygen atoms in total. The van der Waals surface area contributed by atoms with Crippen molar-refractivity contribution >= 4 is 34.8 Å². The first-order valence-corrected chi connectivity index (χ1v) is 8.72. The van der Waals surface area contributed by atoms with Crippen molar-refractivity contribution in [2.45, 2.75) is 20.3 Å². The minimum Gasteiger partial charge on any atom is -0.371 e. The first kappa shape index (κ1) is 18.6. The number of hydrogen-bond acceptors (Lipinski definition) is 3. The van der Waals surface area contributed by atoms with Gasteiger partial charge in [-0.1, -0.05) is 29.3 Å². The molecular formula is C18H21Cl2N3O. The zero-order valence-electron chi connectivity index (χ0n) is 13.9. The van der Waals surface area contributed by atoms with Crippen molar-refractivity contribution in [3.63, 3.8) is 0 Å². The van der Waals surface area contributed by atoms with Crippen LogP contribution in [0, 0.1) is 0 Å². The summed E-state index contributed by atoms with van der Waals surface area (Å²) >= 11 is 12.0. The molecule has 128 valence electrons. The molecule has 0 unspecified atom stereocenters. The van der Waals surface area contributed by atoms with Crippen molar-refractivity contribution in [3.05, 3.63) is 57.8 Å². The second-order valence-corrected chi connectivity index (χ2v) is 6.19. The highest BCUT2D eigenvalue weighted by atomic mass is 35.5. The lowest BCUT2D eigenvalue weighted by Crippen LogP contribution is -2.27. The molecule has 2 rings (SSSR count). The minimum absolute atomic E-state index is 0.137. The van der Waals surface area contributed by atoms with E-state index < -0.39 is 0 Å². The summed E-state index contributed by atoms with van der Waals surface area (Å²) in [5.74, 6) is -0.137. The van der Waals surface area contributed by atoms with E-state index in [2.05, 4.69) is 29.0 Å². The first-order chi connectivity index (χ1) is 11.5. The number of rotatable bonds is 7. The number of aromatic nitrogens is 1. The van der Waals surface area contributed by atoms with Gasteiger partial charge in [-0.3, -0.25) is 9.78 Å². The van der Waals surface area contributed by atoms with Crippen molar-refractivity contribution in [1.82, 2.24) is 10.3 Å². The summed E-state index contributed by atoms with van der Waals surface area (Å²) in [5, 5.41) is 4.12. The molecule has 0 saturated heterocycles. The number of pyridine rings is 1. The topological polar surface area (TPSA) is 45.2 Å². The highest BCUT2D eigenvalue weighted by molar-refractivity contribution is 6.35. The van der Waals surface area contributed by atoms with Crippen LogP contribution < -0.4 is 10.2 Å². The molecule has 0 saturated carbocycles. The highest BCUT2D eigenvalue weighted by Crippen LogP contribution is 2.21. The van der Waals surface area contributed by atoms with E-state index in [1.165, 1.54) is 0 Å². The standard InChI is InChI=1S/C18H21Cl2N3O/c1-3-23(4-2)16-9-14(11-21-12-16)18(24)22-8-7-13-5-6-15(19)10-17(13)20/h5-6,9-12H,3-4,7-8H2,1-2H3,(H,22,24). The lowest BCUT2D eigenvalue weighted by molar-refractivity contribution is 0.0954. The average Bonchev–Trinajstić information content (AvgIpc) is 2.58. The predicted octanol–water partition coefficient (Wildman–Crippen LogP) is 4.21. The van der Waals surface area contributed by atoms with E-state index in [1.807, 2.05) is 12.1 Å². The number of amides is 1. The molecule has 0 radical (unpaired) electrons. The van der Waals surface area contributed by atoms with Crippen LogP contribution in [0.15, 0.2) is 36.7 Å². The number of nitrogens with zero attached hydrogens (tertiary/aromatic N) is 2. The Kier molecular flexibility index (Phi) is 6.88. The van der Waals surface area contributed by atoms with Crippen LogP contribution >= 0.6 is 23.2 Å². The Balaban J connectivity index is 1.96. The summed E-state index contributed by atoms with van der Waals surface area (Å²) in [6.07, 6.45) is 4.00. The van der Waals surface area contributed by atoms with E-state index in [0.717, 1.165) is 24.3 Å². The van der Waals surface area contributed by atoms with Gasteiger partial charge in [-0.15, -0.1) is 0 Å². The monoisotopic (exact) mass is 365 g/mol. The molecule has 0 atom stereocenters. The molecular weight excluding hydrogens is 345 g/mol. The van der Waals surface area contributed by atoms with E-state index in [1.54, 1.807) is 24.5 Å². The van der Waals surface area contributed by atoms with E-state index in [4.69, 9.17) is 23.2 Å². The molecule has 6 heteroatoms. The zero-order chi connectivity index (χ0) is 17.5. The molecule has 0 aliphatic carbocycles. The Labute approximate surface area is 152 Å². The fourth-order valence-electron chi connectivity index (χ4n) is 2.45. The molecule has 24 heavy (non-hydrogen) atoms. The van der Waals surface area contributed by atoms with Crippen molar-refractivity contribution in [3.8, 4) is 0 Å². The van der Waals surface area contributed by atoms with Gasteiger partial charge in [-0.25, -0.2) is 0 Å². The summed E-state index contributed by atoms with van der Waals surface area (Å²) in [4.78, 5) is 18.6. The van der Waals surface area contributed by atoms with Crippen LogP contribution in [-0.4, -0.2) is 30.5 Å². The Hall–Kier alpha value is -1.78. The van der Waals surface area contributed by atoms with Crippen molar-refractivity contribution in [2.75, 3.05) is 24.5 Å². The molecule has 0 spiro atoms. The van der Waals surface area contributed by atoms with Gasteiger partial charge in [0.25, 0.3) is 5.91 Å². The maximum atomic E-state index is 12.3. The van der Waals surface area contributed by atoms with Crippen molar-refractivity contribution in [2.24, 2.45) is 0 Å². The number of anilines is 1. The van der Waals surface area contributed by atoms with Gasteiger partial charge in [0, 0.05) is 35.9 Å². The molecule has 2 aromatic rings. The molecule has 1 heterocycles. The van der Waals surface area contributed by atoms with E-state index in [-0.39, 0.29) is 5.91 Å². The summed E-state index contributed by atoms with van der Waals surface area (Å²) in [6.45, 7) is 6.39. The molecule has 0 bridgehead atoms. The maximum absolute atomic E-state index is 12.3. The fourth-order valence-corrected chi connectivity index (χ4v) is 2.95. The first-order valence-electron chi connectivity index (χ1n) is 7.97. The molecule has 1 amide bonds. The van der Waals surface area contributed by atoms with Gasteiger partial charge < -0.3 is 10.2 Å². The zero-order valence-corrected chi connectivity index (χ0v) is 15.4. The summed E-state index contributed by atoms with van der Waals surface area (Å²) in [5.41, 5.74) is 2.46. The Morgan fingerprint density at radius 2 is 1.92 bits per heavy atom. The lowest BCUT2D eigenvalue weighted by atomic mass is 10.1. The van der Waals surface area contributed by atoms with Gasteiger partial charge in [-0.05, 0) is 44.0 Å². The predicted molar refractivity (Wildman–Crippen MR) is 100 cm³/mol. The molecule has 1 N–H and O–H groups in total. The summed E-state index contributed by atoms with van der Waals surface area (Å²) < 4.78 is 0. The van der Waals surface area contributed by atoms with Crippen molar-refractivity contribution in [1.29, 1.82) is 0 Å². The molecule has 1 aromatic heterocycles. The Morgan fingerprint density at radius 3 is 2.58 bits per heavy atom. The van der Waals surface area contributed by atoms with Crippen LogP contribution in [0.4, 0.5) is 5.69 Å². The van der Waals surface area contributed by atoms with Gasteiger partial charge in [0.1, 0.15) is 0 Å². The summed E-state index contributed by atoms with van der Waals surface area (Å²) in [7, 11) is 0. The van der Waals surface area contributed by atoms with Gasteiger partial charge in [0.05, 0.1) is 17.4 Å². The van der Waals surface area contributed by atoms with Gasteiger partial charge >= 0.3 is 0 Å². The second kappa shape index (κ2) is 8.90. The Morgan fingerprint density at radius 1 is 1.17 bits per heavy atom. The van der Waals surface area contributed by atoms with Gasteiger partial charge in [0.2, 0.25) is 0 Å². The number of carbonyl (C=O) groups is 1. The average molecular weight is 366 g/mol. The van der Waals surface area contributed by atoms with Gasteiger partial charge in [0.15, 0.2) is 0 Å².